The lowest BCUT2D eigenvalue weighted by Gasteiger charge is -2.36. The summed E-state index contributed by atoms with van der Waals surface area (Å²) in [6.07, 6.45) is -0.326. The van der Waals surface area contributed by atoms with E-state index in [4.69, 9.17) is 21.3 Å². The summed E-state index contributed by atoms with van der Waals surface area (Å²) >= 11 is 6.23. The van der Waals surface area contributed by atoms with Crippen LogP contribution < -0.4 is 10.1 Å². The summed E-state index contributed by atoms with van der Waals surface area (Å²) in [6, 6.07) is 22.9. The molecule has 156 valence electrons. The first-order valence-corrected chi connectivity index (χ1v) is 10.6. The molecular weight excluding hydrogens is 412 g/mol. The Morgan fingerprint density at radius 3 is 2.45 bits per heavy atom. The van der Waals surface area contributed by atoms with Crippen molar-refractivity contribution in [2.45, 2.75) is 0 Å². The van der Waals surface area contributed by atoms with Crippen molar-refractivity contribution in [3.05, 3.63) is 83.4 Å². The van der Waals surface area contributed by atoms with E-state index in [0.29, 0.717) is 37.0 Å². The number of hydrogen-bond donors (Lipinski definition) is 1. The number of anilines is 2. The van der Waals surface area contributed by atoms with Crippen molar-refractivity contribution in [3.63, 3.8) is 0 Å². The standard InChI is InChI=1S/C24H21ClN4O2/c25-17-10-11-21-22(16-17)27-23(19-8-4-5-9-20(19)26-21)28-12-14-29(15-13-28)24(30)31-18-6-2-1-3-7-18/h1-11,16,26H,12-15H2. The highest BCUT2D eigenvalue weighted by atomic mass is 35.5. The van der Waals surface area contributed by atoms with Gasteiger partial charge >= 0.3 is 6.09 Å². The molecule has 2 aliphatic heterocycles. The smallest absolute Gasteiger partial charge is 0.410 e. The van der Waals surface area contributed by atoms with Crippen LogP contribution in [-0.4, -0.2) is 47.9 Å². The Kier molecular flexibility index (Phi) is 5.22. The zero-order valence-electron chi connectivity index (χ0n) is 16.8. The number of benzene rings is 3. The normalized spacial score (nSPS) is 15.2. The van der Waals surface area contributed by atoms with E-state index in [9.17, 15) is 4.79 Å². The molecule has 0 unspecified atom stereocenters. The van der Waals surface area contributed by atoms with Crippen molar-refractivity contribution in [3.8, 4) is 5.75 Å². The largest absolute Gasteiger partial charge is 0.415 e. The van der Waals surface area contributed by atoms with Gasteiger partial charge in [0.15, 0.2) is 0 Å². The minimum absolute atomic E-state index is 0.326. The fourth-order valence-corrected chi connectivity index (χ4v) is 3.97. The van der Waals surface area contributed by atoms with Crippen molar-refractivity contribution in [2.75, 3.05) is 31.5 Å². The van der Waals surface area contributed by atoms with Crippen LogP contribution in [0.4, 0.5) is 21.9 Å². The third kappa shape index (κ3) is 4.07. The topological polar surface area (TPSA) is 57.2 Å². The number of para-hydroxylation sites is 2. The highest BCUT2D eigenvalue weighted by molar-refractivity contribution is 6.31. The van der Waals surface area contributed by atoms with Gasteiger partial charge in [0.1, 0.15) is 11.6 Å². The molecule has 0 spiro atoms. The molecule has 2 heterocycles. The average molecular weight is 433 g/mol. The third-order valence-corrected chi connectivity index (χ3v) is 5.64. The van der Waals surface area contributed by atoms with Crippen molar-refractivity contribution in [1.29, 1.82) is 0 Å². The fraction of sp³-hybridized carbons (Fsp3) is 0.167. The highest BCUT2D eigenvalue weighted by Crippen LogP contribution is 2.36. The molecule has 2 aliphatic rings. The third-order valence-electron chi connectivity index (χ3n) is 5.41. The molecule has 3 aromatic rings. The number of hydrogen-bond acceptors (Lipinski definition) is 5. The summed E-state index contributed by atoms with van der Waals surface area (Å²) in [5.74, 6) is 1.43. The van der Waals surface area contributed by atoms with E-state index in [1.54, 1.807) is 17.0 Å². The number of halogens is 1. The molecule has 1 amide bonds. The second kappa shape index (κ2) is 8.32. The summed E-state index contributed by atoms with van der Waals surface area (Å²) in [5, 5.41) is 4.11. The molecule has 1 saturated heterocycles. The molecular formula is C24H21ClN4O2. The van der Waals surface area contributed by atoms with Gasteiger partial charge < -0.3 is 19.9 Å². The van der Waals surface area contributed by atoms with Gasteiger partial charge in [-0.05, 0) is 42.5 Å². The van der Waals surface area contributed by atoms with E-state index in [1.807, 2.05) is 54.6 Å². The predicted molar refractivity (Wildman–Crippen MR) is 123 cm³/mol. The second-order valence-electron chi connectivity index (χ2n) is 7.42. The molecule has 7 heteroatoms. The summed E-state index contributed by atoms with van der Waals surface area (Å²) in [4.78, 5) is 21.4. The monoisotopic (exact) mass is 432 g/mol. The first-order valence-electron chi connectivity index (χ1n) is 10.2. The van der Waals surface area contributed by atoms with Gasteiger partial charge in [0, 0.05) is 42.5 Å². The number of nitrogens with one attached hydrogen (secondary N) is 1. The molecule has 0 aliphatic carbocycles. The zero-order chi connectivity index (χ0) is 21.2. The quantitative estimate of drug-likeness (QED) is 0.567. The number of fused-ring (bicyclic) bond motifs is 2. The molecule has 0 saturated carbocycles. The van der Waals surface area contributed by atoms with Gasteiger partial charge in [0.05, 0.1) is 11.4 Å². The van der Waals surface area contributed by atoms with Gasteiger partial charge in [-0.1, -0.05) is 41.9 Å². The lowest BCUT2D eigenvalue weighted by atomic mass is 10.1. The molecule has 5 rings (SSSR count). The number of rotatable bonds is 1. The molecule has 0 aromatic heterocycles. The number of aliphatic imine (C=N–C) groups is 1. The Bertz CT molecular complexity index is 1140. The van der Waals surface area contributed by atoms with Gasteiger partial charge in [-0.3, -0.25) is 0 Å². The van der Waals surface area contributed by atoms with Crippen LogP contribution in [-0.2, 0) is 0 Å². The van der Waals surface area contributed by atoms with Crippen LogP contribution in [0.15, 0.2) is 77.8 Å². The van der Waals surface area contributed by atoms with Gasteiger partial charge in [-0.25, -0.2) is 9.79 Å². The van der Waals surface area contributed by atoms with E-state index < -0.39 is 0 Å². The maximum atomic E-state index is 12.5. The Hall–Kier alpha value is -3.51. The minimum Gasteiger partial charge on any atom is -0.410 e. The van der Waals surface area contributed by atoms with E-state index in [-0.39, 0.29) is 6.09 Å². The first-order chi connectivity index (χ1) is 15.2. The van der Waals surface area contributed by atoms with Gasteiger partial charge in [-0.2, -0.15) is 0 Å². The number of carbonyl (C=O) groups is 1. The number of amidine groups is 1. The minimum atomic E-state index is -0.326. The van der Waals surface area contributed by atoms with Crippen LogP contribution >= 0.6 is 11.6 Å². The SMILES string of the molecule is O=C(Oc1ccccc1)N1CCN(C2=Nc3cc(Cl)ccc3Nc3ccccc32)CC1. The van der Waals surface area contributed by atoms with Crippen LogP contribution in [0.1, 0.15) is 5.56 Å². The van der Waals surface area contributed by atoms with E-state index >= 15 is 0 Å². The average Bonchev–Trinajstić information content (AvgIpc) is 2.96. The van der Waals surface area contributed by atoms with Gasteiger partial charge in [0.25, 0.3) is 0 Å². The summed E-state index contributed by atoms with van der Waals surface area (Å²) in [5.41, 5.74) is 3.73. The van der Waals surface area contributed by atoms with Crippen LogP contribution in [0.5, 0.6) is 5.75 Å². The van der Waals surface area contributed by atoms with Crippen molar-refractivity contribution in [1.82, 2.24) is 9.80 Å². The number of amides is 1. The Labute approximate surface area is 185 Å². The van der Waals surface area contributed by atoms with Gasteiger partial charge in [0.2, 0.25) is 0 Å². The molecule has 0 radical (unpaired) electrons. The Balaban J connectivity index is 1.37. The second-order valence-corrected chi connectivity index (χ2v) is 7.86. The molecule has 1 N–H and O–H groups in total. The number of carbonyl (C=O) groups excluding carboxylic acids is 1. The molecule has 31 heavy (non-hydrogen) atoms. The predicted octanol–water partition coefficient (Wildman–Crippen LogP) is 5.29. The fourth-order valence-electron chi connectivity index (χ4n) is 3.81. The first kappa shape index (κ1) is 19.5. The summed E-state index contributed by atoms with van der Waals surface area (Å²) in [7, 11) is 0. The van der Waals surface area contributed by atoms with Crippen molar-refractivity contribution >= 4 is 40.6 Å². The molecule has 0 bridgehead atoms. The van der Waals surface area contributed by atoms with Crippen LogP contribution in [0, 0.1) is 0 Å². The molecule has 0 atom stereocenters. The van der Waals surface area contributed by atoms with Gasteiger partial charge in [-0.15, -0.1) is 0 Å². The Morgan fingerprint density at radius 1 is 0.903 bits per heavy atom. The molecule has 3 aromatic carbocycles. The maximum absolute atomic E-state index is 12.5. The lowest BCUT2D eigenvalue weighted by molar-refractivity contribution is 0.131. The number of ether oxygens (including phenoxy) is 1. The molecule has 1 fully saturated rings. The van der Waals surface area contributed by atoms with E-state index in [1.165, 1.54) is 0 Å². The maximum Gasteiger partial charge on any atom is 0.415 e. The molecule has 6 nitrogen and oxygen atoms in total. The summed E-state index contributed by atoms with van der Waals surface area (Å²) < 4.78 is 5.48. The van der Waals surface area contributed by atoms with Crippen molar-refractivity contribution < 1.29 is 9.53 Å². The van der Waals surface area contributed by atoms with Crippen molar-refractivity contribution in [2.24, 2.45) is 4.99 Å². The van der Waals surface area contributed by atoms with E-state index in [2.05, 4.69) is 16.3 Å². The zero-order valence-corrected chi connectivity index (χ0v) is 17.5. The number of nitrogens with zero attached hydrogens (tertiary/aromatic N) is 3. The Morgan fingerprint density at radius 2 is 1.65 bits per heavy atom. The lowest BCUT2D eigenvalue weighted by Crippen LogP contribution is -2.51. The number of piperazine rings is 1. The summed E-state index contributed by atoms with van der Waals surface area (Å²) in [6.45, 7) is 2.44. The highest BCUT2D eigenvalue weighted by Gasteiger charge is 2.27. The van der Waals surface area contributed by atoms with Crippen LogP contribution in [0.2, 0.25) is 5.02 Å². The van der Waals surface area contributed by atoms with Crippen LogP contribution in [0.25, 0.3) is 0 Å². The van der Waals surface area contributed by atoms with Crippen LogP contribution in [0.3, 0.4) is 0 Å². The van der Waals surface area contributed by atoms with E-state index in [0.717, 1.165) is 28.5 Å².